The van der Waals surface area contributed by atoms with E-state index in [2.05, 4.69) is 32.8 Å². The Bertz CT molecular complexity index is 725. The number of nitrogens with zero attached hydrogens (tertiary/aromatic N) is 3. The molecule has 26 heavy (non-hydrogen) atoms. The molecule has 0 spiro atoms. The van der Waals surface area contributed by atoms with Crippen molar-refractivity contribution in [3.05, 3.63) is 40.5 Å². The van der Waals surface area contributed by atoms with Gasteiger partial charge in [-0.2, -0.15) is 18.2 Å². The van der Waals surface area contributed by atoms with Crippen LogP contribution in [0, 0.1) is 0 Å². The van der Waals surface area contributed by atoms with Gasteiger partial charge in [-0.05, 0) is 34.5 Å². The number of hydrogen-bond donors (Lipinski definition) is 0. The molecule has 0 aliphatic heterocycles. The summed E-state index contributed by atoms with van der Waals surface area (Å²) < 4.78 is 45.8. The number of anilines is 2. The van der Waals surface area contributed by atoms with Crippen molar-refractivity contribution in [1.29, 1.82) is 0 Å². The van der Waals surface area contributed by atoms with Gasteiger partial charge in [-0.25, -0.2) is 4.98 Å². The molecular formula is C18H21BrF3N3O. The van der Waals surface area contributed by atoms with Crippen molar-refractivity contribution in [3.63, 3.8) is 0 Å². The van der Waals surface area contributed by atoms with Crippen molar-refractivity contribution >= 4 is 27.6 Å². The van der Waals surface area contributed by atoms with E-state index < -0.39 is 17.6 Å². The van der Waals surface area contributed by atoms with Crippen molar-refractivity contribution in [2.75, 3.05) is 18.6 Å². The van der Waals surface area contributed by atoms with Gasteiger partial charge >= 0.3 is 6.18 Å². The predicted molar refractivity (Wildman–Crippen MR) is 98.9 cm³/mol. The summed E-state index contributed by atoms with van der Waals surface area (Å²) in [4.78, 5) is 9.51. The highest BCUT2D eigenvalue weighted by molar-refractivity contribution is 9.10. The van der Waals surface area contributed by atoms with Crippen LogP contribution >= 0.6 is 15.9 Å². The molecular weight excluding hydrogens is 411 g/mol. The first-order chi connectivity index (χ1) is 12.3. The Hall–Kier alpha value is -1.83. The Morgan fingerprint density at radius 1 is 1.15 bits per heavy atom. The topological polar surface area (TPSA) is 38.2 Å². The average Bonchev–Trinajstić information content (AvgIpc) is 2.60. The van der Waals surface area contributed by atoms with Crippen LogP contribution < -0.4 is 9.64 Å². The van der Waals surface area contributed by atoms with Crippen LogP contribution in [0.3, 0.4) is 0 Å². The first-order valence-corrected chi connectivity index (χ1v) is 9.19. The van der Waals surface area contributed by atoms with Crippen molar-refractivity contribution in [2.24, 2.45) is 0 Å². The van der Waals surface area contributed by atoms with Crippen molar-refractivity contribution in [3.8, 4) is 5.88 Å². The standard InChI is InChI=1S/C18H21BrF3N3O/c1-3-4-5-8-11-26-16-13(18(20,21)22)12-23-17(24-16)25(2)15-10-7-6-9-14(15)19/h6-7,9-10,12H,3-5,8,11H2,1-2H3. The lowest BCUT2D eigenvalue weighted by atomic mass is 10.2. The molecule has 4 nitrogen and oxygen atoms in total. The molecule has 2 rings (SSSR count). The van der Waals surface area contributed by atoms with Crippen LogP contribution in [0.4, 0.5) is 24.8 Å². The molecule has 1 aromatic heterocycles. The van der Waals surface area contributed by atoms with Gasteiger partial charge in [-0.1, -0.05) is 38.3 Å². The Labute approximate surface area is 159 Å². The van der Waals surface area contributed by atoms with Gasteiger partial charge in [0.2, 0.25) is 11.8 Å². The molecule has 1 heterocycles. The molecule has 142 valence electrons. The van der Waals surface area contributed by atoms with Gasteiger partial charge in [0, 0.05) is 17.7 Å². The summed E-state index contributed by atoms with van der Waals surface area (Å²) in [5.41, 5.74) is -0.224. The van der Waals surface area contributed by atoms with Crippen LogP contribution in [-0.2, 0) is 6.18 Å². The van der Waals surface area contributed by atoms with Gasteiger partial charge < -0.3 is 9.64 Å². The summed E-state index contributed by atoms with van der Waals surface area (Å²) in [6.07, 6.45) is -0.130. The molecule has 0 bridgehead atoms. The largest absolute Gasteiger partial charge is 0.477 e. The van der Waals surface area contributed by atoms with Crippen LogP contribution in [0.2, 0.25) is 0 Å². The van der Waals surface area contributed by atoms with Crippen LogP contribution in [0.5, 0.6) is 5.88 Å². The molecule has 0 aliphatic carbocycles. The third kappa shape index (κ3) is 5.33. The van der Waals surface area contributed by atoms with E-state index in [9.17, 15) is 13.2 Å². The molecule has 2 aromatic rings. The molecule has 0 fully saturated rings. The molecule has 0 saturated heterocycles. The maximum atomic E-state index is 13.2. The minimum absolute atomic E-state index is 0.133. The third-order valence-corrected chi connectivity index (χ3v) is 4.47. The maximum absolute atomic E-state index is 13.2. The quantitative estimate of drug-likeness (QED) is 0.481. The Morgan fingerprint density at radius 2 is 1.88 bits per heavy atom. The highest BCUT2D eigenvalue weighted by atomic mass is 79.9. The van der Waals surface area contributed by atoms with Crippen molar-refractivity contribution in [2.45, 2.75) is 38.8 Å². The summed E-state index contributed by atoms with van der Waals surface area (Å²) >= 11 is 3.42. The Balaban J connectivity index is 2.26. The summed E-state index contributed by atoms with van der Waals surface area (Å²) in [5, 5.41) is 0. The van der Waals surface area contributed by atoms with E-state index in [1.54, 1.807) is 11.9 Å². The van der Waals surface area contributed by atoms with Gasteiger partial charge in [-0.15, -0.1) is 0 Å². The lowest BCUT2D eigenvalue weighted by Crippen LogP contribution is -2.17. The first kappa shape index (κ1) is 20.5. The Kier molecular flexibility index (Phi) is 7.25. The number of halogens is 4. The highest BCUT2D eigenvalue weighted by Gasteiger charge is 2.36. The summed E-state index contributed by atoms with van der Waals surface area (Å²) in [7, 11) is 1.69. The molecule has 0 saturated carbocycles. The number of unbranched alkanes of at least 4 members (excludes halogenated alkanes) is 3. The smallest absolute Gasteiger partial charge is 0.423 e. The summed E-state index contributed by atoms with van der Waals surface area (Å²) in [6, 6.07) is 7.32. The lowest BCUT2D eigenvalue weighted by Gasteiger charge is -2.20. The van der Waals surface area contributed by atoms with E-state index in [1.165, 1.54) is 0 Å². The minimum Gasteiger partial charge on any atom is -0.477 e. The fraction of sp³-hybridized carbons (Fsp3) is 0.444. The summed E-state index contributed by atoms with van der Waals surface area (Å²) in [6.45, 7) is 2.26. The normalized spacial score (nSPS) is 11.5. The van der Waals surface area contributed by atoms with E-state index >= 15 is 0 Å². The molecule has 0 amide bonds. The minimum atomic E-state index is -4.57. The maximum Gasteiger partial charge on any atom is 0.423 e. The summed E-state index contributed by atoms with van der Waals surface area (Å²) in [5.74, 6) is -0.300. The zero-order valence-electron chi connectivity index (χ0n) is 14.7. The number of para-hydroxylation sites is 1. The number of hydrogen-bond acceptors (Lipinski definition) is 4. The zero-order valence-corrected chi connectivity index (χ0v) is 16.3. The van der Waals surface area contributed by atoms with Crippen molar-refractivity contribution in [1.82, 2.24) is 9.97 Å². The third-order valence-electron chi connectivity index (χ3n) is 3.80. The highest BCUT2D eigenvalue weighted by Crippen LogP contribution is 2.36. The monoisotopic (exact) mass is 431 g/mol. The molecule has 1 aromatic carbocycles. The van der Waals surface area contributed by atoms with Gasteiger partial charge in [0.15, 0.2) is 0 Å². The SMILES string of the molecule is CCCCCCOc1nc(N(C)c2ccccc2Br)ncc1C(F)(F)F. The average molecular weight is 432 g/mol. The fourth-order valence-corrected chi connectivity index (χ4v) is 2.90. The van der Waals surface area contributed by atoms with E-state index in [0.717, 1.165) is 35.6 Å². The molecule has 0 unspecified atom stereocenters. The lowest BCUT2D eigenvalue weighted by molar-refractivity contribution is -0.139. The van der Waals surface area contributed by atoms with E-state index in [1.807, 2.05) is 24.3 Å². The van der Waals surface area contributed by atoms with Crippen LogP contribution in [-0.4, -0.2) is 23.6 Å². The van der Waals surface area contributed by atoms with Crippen molar-refractivity contribution < 1.29 is 17.9 Å². The second-order valence-corrected chi connectivity index (χ2v) is 6.66. The van der Waals surface area contributed by atoms with Gasteiger partial charge in [0.05, 0.1) is 12.3 Å². The second-order valence-electron chi connectivity index (χ2n) is 5.81. The second kappa shape index (κ2) is 9.21. The van der Waals surface area contributed by atoms with Crippen LogP contribution in [0.15, 0.2) is 34.9 Å². The van der Waals surface area contributed by atoms with Gasteiger partial charge in [0.25, 0.3) is 0 Å². The number of benzene rings is 1. The molecule has 0 aliphatic rings. The zero-order chi connectivity index (χ0) is 19.2. The van der Waals surface area contributed by atoms with Crippen LogP contribution in [0.25, 0.3) is 0 Å². The first-order valence-electron chi connectivity index (χ1n) is 8.40. The molecule has 0 atom stereocenters. The molecule has 0 N–H and O–H groups in total. The number of alkyl halides is 3. The van der Waals surface area contributed by atoms with E-state index in [0.29, 0.717) is 6.42 Å². The van der Waals surface area contributed by atoms with Gasteiger partial charge in [-0.3, -0.25) is 0 Å². The number of aromatic nitrogens is 2. The van der Waals surface area contributed by atoms with Crippen LogP contribution in [0.1, 0.15) is 38.2 Å². The van der Waals surface area contributed by atoms with E-state index in [-0.39, 0.29) is 12.6 Å². The number of ether oxygens (including phenoxy) is 1. The number of rotatable bonds is 8. The van der Waals surface area contributed by atoms with Gasteiger partial charge in [0.1, 0.15) is 5.56 Å². The predicted octanol–water partition coefficient (Wildman–Crippen LogP) is 5.98. The fourth-order valence-electron chi connectivity index (χ4n) is 2.35. The van der Waals surface area contributed by atoms with E-state index in [4.69, 9.17) is 4.74 Å². The molecule has 0 radical (unpaired) electrons. The molecule has 8 heteroatoms. The Morgan fingerprint density at radius 3 is 2.54 bits per heavy atom.